The van der Waals surface area contributed by atoms with Gasteiger partial charge in [0.1, 0.15) is 18.2 Å². The number of thiophene rings is 1. The van der Waals surface area contributed by atoms with Crippen molar-refractivity contribution < 1.29 is 22.7 Å². The summed E-state index contributed by atoms with van der Waals surface area (Å²) in [5.41, 5.74) is 4.16. The van der Waals surface area contributed by atoms with Crippen molar-refractivity contribution in [3.63, 3.8) is 0 Å². The minimum absolute atomic E-state index is 0.0137. The number of carbonyl (C=O) groups is 1. The smallest absolute Gasteiger partial charge is 0.410 e. The second-order valence-electron chi connectivity index (χ2n) is 7.75. The highest BCUT2D eigenvalue weighted by atomic mass is 32.1. The number of fused-ring (bicyclic) bond motifs is 1. The molecule has 1 aromatic carbocycles. The molecule has 1 aliphatic heterocycles. The molecule has 3 heterocycles. The van der Waals surface area contributed by atoms with E-state index >= 15 is 0 Å². The van der Waals surface area contributed by atoms with Crippen LogP contribution >= 0.6 is 11.3 Å². The number of alkyl halides is 3. The van der Waals surface area contributed by atoms with Crippen molar-refractivity contribution in [3.05, 3.63) is 63.0 Å². The van der Waals surface area contributed by atoms with E-state index in [-0.39, 0.29) is 24.7 Å². The summed E-state index contributed by atoms with van der Waals surface area (Å²) < 4.78 is 46.7. The number of hydrogen-bond donors (Lipinski definition) is 0. The first kappa shape index (κ1) is 21.4. The zero-order chi connectivity index (χ0) is 22.3. The van der Waals surface area contributed by atoms with Gasteiger partial charge in [-0.25, -0.2) is 4.68 Å². The Bertz CT molecular complexity index is 1120. The van der Waals surface area contributed by atoms with Crippen molar-refractivity contribution in [3.8, 4) is 5.75 Å². The fourth-order valence-electron chi connectivity index (χ4n) is 3.77. The number of benzene rings is 1. The maximum Gasteiger partial charge on any atom is 0.410 e. The molecule has 1 unspecified atom stereocenters. The molecule has 1 atom stereocenters. The molecule has 0 bridgehead atoms. The number of hydrogen-bond acceptors (Lipinski definition) is 4. The molecule has 0 aliphatic carbocycles. The topological polar surface area (TPSA) is 47.4 Å². The lowest BCUT2D eigenvalue weighted by molar-refractivity contribution is -0.172. The number of anilines is 1. The molecule has 1 amide bonds. The van der Waals surface area contributed by atoms with Crippen LogP contribution in [0.15, 0.2) is 35.8 Å². The van der Waals surface area contributed by atoms with E-state index in [0.29, 0.717) is 11.5 Å². The number of halogens is 3. The van der Waals surface area contributed by atoms with Gasteiger partial charge in [0, 0.05) is 18.2 Å². The Hall–Kier alpha value is -2.81. The van der Waals surface area contributed by atoms with Gasteiger partial charge < -0.3 is 4.74 Å². The molecule has 164 valence electrons. The largest absolute Gasteiger partial charge is 0.489 e. The van der Waals surface area contributed by atoms with E-state index in [1.165, 1.54) is 28.5 Å². The molecule has 4 rings (SSSR count). The summed E-state index contributed by atoms with van der Waals surface area (Å²) in [4.78, 5) is 14.8. The predicted octanol–water partition coefficient (Wildman–Crippen LogP) is 5.60. The normalized spacial score (nSPS) is 16.3. The number of rotatable bonds is 4. The molecule has 1 aliphatic rings. The lowest BCUT2D eigenvalue weighted by Gasteiger charge is -2.33. The van der Waals surface area contributed by atoms with Crippen molar-refractivity contribution in [1.29, 1.82) is 0 Å². The second kappa shape index (κ2) is 8.03. The van der Waals surface area contributed by atoms with Crippen LogP contribution in [0.3, 0.4) is 0 Å². The molecule has 0 saturated heterocycles. The molecule has 0 radical (unpaired) electrons. The summed E-state index contributed by atoms with van der Waals surface area (Å²) in [7, 11) is 0. The maximum atomic E-state index is 13.3. The van der Waals surface area contributed by atoms with Gasteiger partial charge in [0.05, 0.1) is 11.1 Å². The first-order chi connectivity index (χ1) is 14.6. The molecule has 5 nitrogen and oxygen atoms in total. The average molecular weight is 449 g/mol. The molecule has 0 spiro atoms. The van der Waals surface area contributed by atoms with Gasteiger partial charge in [-0.2, -0.15) is 18.3 Å². The third-order valence-corrected chi connectivity index (χ3v) is 6.46. The third kappa shape index (κ3) is 4.19. The average Bonchev–Trinajstić information content (AvgIpc) is 3.37. The summed E-state index contributed by atoms with van der Waals surface area (Å²) in [5.74, 6) is 0.631. The van der Waals surface area contributed by atoms with Gasteiger partial charge in [-0.05, 0) is 61.4 Å². The van der Waals surface area contributed by atoms with Gasteiger partial charge >= 0.3 is 6.18 Å². The van der Waals surface area contributed by atoms with Crippen molar-refractivity contribution in [2.24, 2.45) is 0 Å². The molecule has 0 N–H and O–H groups in total. The first-order valence-electron chi connectivity index (χ1n) is 9.85. The van der Waals surface area contributed by atoms with Crippen molar-refractivity contribution >= 4 is 23.1 Å². The van der Waals surface area contributed by atoms with Crippen LogP contribution in [-0.2, 0) is 6.61 Å². The Morgan fingerprint density at radius 3 is 2.77 bits per heavy atom. The monoisotopic (exact) mass is 449 g/mol. The highest BCUT2D eigenvalue weighted by Crippen LogP contribution is 2.39. The highest BCUT2D eigenvalue weighted by molar-refractivity contribution is 7.12. The van der Waals surface area contributed by atoms with E-state index in [4.69, 9.17) is 4.74 Å². The minimum atomic E-state index is -4.41. The van der Waals surface area contributed by atoms with E-state index in [9.17, 15) is 18.0 Å². The van der Waals surface area contributed by atoms with Gasteiger partial charge in [0.25, 0.3) is 5.91 Å². The van der Waals surface area contributed by atoms with Gasteiger partial charge in [-0.3, -0.25) is 9.69 Å². The molecule has 3 aromatic rings. The van der Waals surface area contributed by atoms with Gasteiger partial charge in [0.2, 0.25) is 0 Å². The Morgan fingerprint density at radius 2 is 2.03 bits per heavy atom. The lowest BCUT2D eigenvalue weighted by atomic mass is 10.1. The fourth-order valence-corrected chi connectivity index (χ4v) is 4.61. The number of nitrogens with zero attached hydrogens (tertiary/aromatic N) is 3. The van der Waals surface area contributed by atoms with Gasteiger partial charge in [0.15, 0.2) is 6.04 Å². The molecule has 2 aromatic heterocycles. The highest BCUT2D eigenvalue weighted by Gasteiger charge is 2.46. The van der Waals surface area contributed by atoms with E-state index < -0.39 is 12.2 Å². The lowest BCUT2D eigenvalue weighted by Crippen LogP contribution is -2.42. The summed E-state index contributed by atoms with van der Waals surface area (Å²) >= 11 is 1.26. The number of amides is 1. The Kier molecular flexibility index (Phi) is 5.55. The Balaban J connectivity index is 1.49. The quantitative estimate of drug-likeness (QED) is 0.521. The molecule has 0 fully saturated rings. The van der Waals surface area contributed by atoms with Crippen LogP contribution in [0.1, 0.15) is 44.4 Å². The first-order valence-corrected chi connectivity index (χ1v) is 10.7. The van der Waals surface area contributed by atoms with Crippen LogP contribution in [0.25, 0.3) is 0 Å². The molecule has 31 heavy (non-hydrogen) atoms. The van der Waals surface area contributed by atoms with E-state index in [1.54, 1.807) is 6.07 Å². The summed E-state index contributed by atoms with van der Waals surface area (Å²) in [6, 6.07) is 5.54. The zero-order valence-corrected chi connectivity index (χ0v) is 18.2. The number of carbonyl (C=O) groups excluding carboxylic acids is 1. The van der Waals surface area contributed by atoms with Crippen molar-refractivity contribution in [1.82, 2.24) is 9.78 Å². The SMILES string of the molecule is Cc1cc(C)c(C)c(OCc2csc(C(=O)N3CCC(C(F)(F)F)n4nccc43)c2)c1. The van der Waals surface area contributed by atoms with E-state index in [0.717, 1.165) is 32.7 Å². The maximum absolute atomic E-state index is 13.3. The second-order valence-corrected chi connectivity index (χ2v) is 8.66. The zero-order valence-electron chi connectivity index (χ0n) is 17.4. The summed E-state index contributed by atoms with van der Waals surface area (Å²) in [5, 5.41) is 5.65. The van der Waals surface area contributed by atoms with Gasteiger partial charge in [-0.1, -0.05) is 6.07 Å². The van der Waals surface area contributed by atoms with Crippen LogP contribution in [0, 0.1) is 20.8 Å². The van der Waals surface area contributed by atoms with Crippen LogP contribution < -0.4 is 9.64 Å². The standard InChI is InChI=1S/C22H22F3N3O2S/c1-13-8-14(2)15(3)17(9-13)30-11-16-10-18(31-12-16)21(29)27-7-5-19(22(23,24)25)28-20(27)4-6-26-28/h4,6,8-10,12,19H,5,7,11H2,1-3H3. The molecule has 9 heteroatoms. The molecular weight excluding hydrogens is 427 g/mol. The van der Waals surface area contributed by atoms with E-state index in [1.807, 2.05) is 32.2 Å². The van der Waals surface area contributed by atoms with Gasteiger partial charge in [-0.15, -0.1) is 11.3 Å². The van der Waals surface area contributed by atoms with Crippen LogP contribution in [0.2, 0.25) is 0 Å². The number of aryl methyl sites for hydroxylation is 2. The summed E-state index contributed by atoms with van der Waals surface area (Å²) in [6.07, 6.45) is -3.34. The third-order valence-electron chi connectivity index (χ3n) is 5.49. The fraction of sp³-hybridized carbons (Fsp3) is 0.364. The molecule has 0 saturated carbocycles. The van der Waals surface area contributed by atoms with Crippen LogP contribution in [-0.4, -0.2) is 28.4 Å². The predicted molar refractivity (Wildman–Crippen MR) is 113 cm³/mol. The molecular formula is C22H22F3N3O2S. The van der Waals surface area contributed by atoms with Crippen molar-refractivity contribution in [2.75, 3.05) is 11.4 Å². The minimum Gasteiger partial charge on any atom is -0.489 e. The summed E-state index contributed by atoms with van der Waals surface area (Å²) in [6.45, 7) is 6.33. The Morgan fingerprint density at radius 1 is 1.26 bits per heavy atom. The van der Waals surface area contributed by atoms with Crippen LogP contribution in [0.4, 0.5) is 19.0 Å². The number of ether oxygens (including phenoxy) is 1. The van der Waals surface area contributed by atoms with Crippen molar-refractivity contribution in [2.45, 2.75) is 46.0 Å². The van der Waals surface area contributed by atoms with Crippen LogP contribution in [0.5, 0.6) is 5.75 Å². The Labute approximate surface area is 182 Å². The number of aromatic nitrogens is 2. The van der Waals surface area contributed by atoms with E-state index in [2.05, 4.69) is 11.2 Å².